The van der Waals surface area contributed by atoms with Gasteiger partial charge in [-0.1, -0.05) is 41.4 Å². The molecule has 0 aliphatic carbocycles. The number of methoxy groups -OCH3 is 1. The van der Waals surface area contributed by atoms with Crippen LogP contribution in [0, 0.1) is 5.92 Å². The van der Waals surface area contributed by atoms with E-state index >= 15 is 0 Å². The molecule has 1 saturated heterocycles. The van der Waals surface area contributed by atoms with Gasteiger partial charge >= 0.3 is 6.01 Å². The van der Waals surface area contributed by atoms with Crippen molar-refractivity contribution in [3.8, 4) is 22.9 Å². The molecule has 2 atom stereocenters. The van der Waals surface area contributed by atoms with Crippen molar-refractivity contribution < 1.29 is 14.3 Å². The minimum absolute atomic E-state index is 0.0606. The average molecular weight is 515 g/mol. The molecule has 0 saturated carbocycles. The number of nitrogens with one attached hydrogen (secondary N) is 2. The summed E-state index contributed by atoms with van der Waals surface area (Å²) in [7, 11) is 1.63. The van der Waals surface area contributed by atoms with Crippen LogP contribution in [0.15, 0.2) is 54.9 Å². The molecule has 2 aromatic carbocycles. The summed E-state index contributed by atoms with van der Waals surface area (Å²) in [6.45, 7) is 1.68. The van der Waals surface area contributed by atoms with Crippen LogP contribution in [0.1, 0.15) is 18.4 Å². The quantitative estimate of drug-likeness (QED) is 0.435. The van der Waals surface area contributed by atoms with Crippen LogP contribution in [0.2, 0.25) is 10.0 Å². The number of benzene rings is 2. The van der Waals surface area contributed by atoms with E-state index in [4.69, 9.17) is 32.7 Å². The molecule has 0 spiro atoms. The van der Waals surface area contributed by atoms with Gasteiger partial charge in [0, 0.05) is 24.0 Å². The zero-order chi connectivity index (χ0) is 24.6. The minimum Gasteiger partial charge on any atom is -0.497 e. The first-order chi connectivity index (χ1) is 17.0. The summed E-state index contributed by atoms with van der Waals surface area (Å²) in [5, 5.41) is 7.59. The van der Waals surface area contributed by atoms with E-state index in [0.29, 0.717) is 22.4 Å². The lowest BCUT2D eigenvalue weighted by Crippen LogP contribution is -2.48. The molecule has 4 rings (SSSR count). The molecule has 1 aromatic heterocycles. The highest BCUT2D eigenvalue weighted by Gasteiger charge is 2.26. The van der Waals surface area contributed by atoms with E-state index in [0.717, 1.165) is 48.4 Å². The number of halogens is 2. The largest absolute Gasteiger partial charge is 0.497 e. The van der Waals surface area contributed by atoms with Gasteiger partial charge in [0.1, 0.15) is 5.75 Å². The van der Waals surface area contributed by atoms with Gasteiger partial charge in [-0.15, -0.1) is 0 Å². The molecule has 2 N–H and O–H groups in total. The van der Waals surface area contributed by atoms with Gasteiger partial charge in [0.25, 0.3) is 5.91 Å². The number of carbonyl (C=O) groups excluding carboxylic acids is 1. The first kappa shape index (κ1) is 25.2. The standard InChI is InChI=1S/C26H28Cl2N4O3/c1-34-21-7-5-18(6-8-21)20-14-30-26(31-15-20)35-16-25(33)32-24(19-3-2-10-29-13-19)12-17-4-9-22(27)23(28)11-17/h4-9,11,14-15,19,24,29H,2-3,10,12-13,16H2,1H3,(H,32,33). The lowest BCUT2D eigenvalue weighted by Gasteiger charge is -2.31. The van der Waals surface area contributed by atoms with Gasteiger partial charge in [-0.3, -0.25) is 4.79 Å². The van der Waals surface area contributed by atoms with Gasteiger partial charge in [0.15, 0.2) is 6.61 Å². The predicted molar refractivity (Wildman–Crippen MR) is 137 cm³/mol. The van der Waals surface area contributed by atoms with Crippen molar-refractivity contribution in [1.29, 1.82) is 0 Å². The van der Waals surface area contributed by atoms with Crippen molar-refractivity contribution in [2.24, 2.45) is 5.92 Å². The van der Waals surface area contributed by atoms with Gasteiger partial charge < -0.3 is 20.1 Å². The first-order valence-corrected chi connectivity index (χ1v) is 12.3. The topological polar surface area (TPSA) is 85.4 Å². The van der Waals surface area contributed by atoms with E-state index in [1.54, 1.807) is 25.6 Å². The lowest BCUT2D eigenvalue weighted by molar-refractivity contribution is -0.124. The van der Waals surface area contributed by atoms with Crippen molar-refractivity contribution >= 4 is 29.1 Å². The van der Waals surface area contributed by atoms with Crippen LogP contribution >= 0.6 is 23.2 Å². The van der Waals surface area contributed by atoms with Crippen LogP contribution in [0.25, 0.3) is 11.1 Å². The molecule has 1 fully saturated rings. The van der Waals surface area contributed by atoms with Crippen LogP contribution in [0.5, 0.6) is 11.8 Å². The molecular formula is C26H28Cl2N4O3. The summed E-state index contributed by atoms with van der Waals surface area (Å²) < 4.78 is 10.7. The van der Waals surface area contributed by atoms with E-state index in [2.05, 4.69) is 20.6 Å². The number of hydrogen-bond donors (Lipinski definition) is 2. The molecule has 184 valence electrons. The van der Waals surface area contributed by atoms with Crippen molar-refractivity contribution in [3.05, 3.63) is 70.5 Å². The van der Waals surface area contributed by atoms with E-state index in [9.17, 15) is 4.79 Å². The van der Waals surface area contributed by atoms with Crippen molar-refractivity contribution in [3.63, 3.8) is 0 Å². The van der Waals surface area contributed by atoms with E-state index in [1.807, 2.05) is 36.4 Å². The number of rotatable bonds is 9. The molecule has 1 aliphatic rings. The van der Waals surface area contributed by atoms with E-state index < -0.39 is 0 Å². The number of piperidine rings is 1. The number of aromatic nitrogens is 2. The zero-order valence-corrected chi connectivity index (χ0v) is 21.0. The maximum absolute atomic E-state index is 12.8. The number of ether oxygens (including phenoxy) is 2. The fourth-order valence-electron chi connectivity index (χ4n) is 4.18. The lowest BCUT2D eigenvalue weighted by atomic mass is 9.87. The smallest absolute Gasteiger partial charge is 0.316 e. The average Bonchev–Trinajstić information content (AvgIpc) is 2.90. The van der Waals surface area contributed by atoms with Crippen molar-refractivity contribution in [2.75, 3.05) is 26.8 Å². The van der Waals surface area contributed by atoms with Crippen LogP contribution in [-0.4, -0.2) is 48.7 Å². The fraction of sp³-hybridized carbons (Fsp3) is 0.346. The molecule has 35 heavy (non-hydrogen) atoms. The van der Waals surface area contributed by atoms with Crippen LogP contribution in [-0.2, 0) is 11.2 Å². The molecule has 1 aliphatic heterocycles. The second-order valence-corrected chi connectivity index (χ2v) is 9.32. The maximum atomic E-state index is 12.8. The van der Waals surface area contributed by atoms with Crippen molar-refractivity contribution in [2.45, 2.75) is 25.3 Å². The third-order valence-electron chi connectivity index (χ3n) is 6.07. The summed E-state index contributed by atoms with van der Waals surface area (Å²) in [5.41, 5.74) is 2.82. The highest BCUT2D eigenvalue weighted by molar-refractivity contribution is 6.42. The SMILES string of the molecule is COc1ccc(-c2cnc(OCC(=O)NC(Cc3ccc(Cl)c(Cl)c3)C3CCCNC3)nc2)cc1. The molecule has 3 aromatic rings. The third-order valence-corrected chi connectivity index (χ3v) is 6.81. The Hall–Kier alpha value is -2.87. The van der Waals surface area contributed by atoms with Crippen LogP contribution in [0.3, 0.4) is 0 Å². The molecule has 2 heterocycles. The second kappa shape index (κ2) is 12.2. The van der Waals surface area contributed by atoms with Gasteiger partial charge in [-0.2, -0.15) is 0 Å². The Morgan fingerprint density at radius 2 is 1.89 bits per heavy atom. The second-order valence-electron chi connectivity index (χ2n) is 8.50. The Labute approximate surface area is 215 Å². The molecule has 2 unspecified atom stereocenters. The van der Waals surface area contributed by atoms with E-state index in [1.165, 1.54) is 0 Å². The first-order valence-electron chi connectivity index (χ1n) is 11.5. The Morgan fingerprint density at radius 1 is 1.11 bits per heavy atom. The number of nitrogens with zero attached hydrogens (tertiary/aromatic N) is 2. The molecular weight excluding hydrogens is 487 g/mol. The van der Waals surface area contributed by atoms with Gasteiger partial charge in [-0.05, 0) is 73.7 Å². The van der Waals surface area contributed by atoms with E-state index in [-0.39, 0.29) is 24.6 Å². The molecule has 9 heteroatoms. The predicted octanol–water partition coefficient (Wildman–Crippen LogP) is 4.56. The summed E-state index contributed by atoms with van der Waals surface area (Å²) >= 11 is 12.3. The highest BCUT2D eigenvalue weighted by atomic mass is 35.5. The summed E-state index contributed by atoms with van der Waals surface area (Å²) in [6.07, 6.45) is 6.10. The zero-order valence-electron chi connectivity index (χ0n) is 19.5. The Bertz CT molecular complexity index is 1120. The van der Waals surface area contributed by atoms with Crippen LogP contribution in [0.4, 0.5) is 0 Å². The van der Waals surface area contributed by atoms with Crippen molar-refractivity contribution in [1.82, 2.24) is 20.6 Å². The minimum atomic E-state index is -0.219. The van der Waals surface area contributed by atoms with Crippen LogP contribution < -0.4 is 20.1 Å². The summed E-state index contributed by atoms with van der Waals surface area (Å²) in [4.78, 5) is 21.2. The highest BCUT2D eigenvalue weighted by Crippen LogP contribution is 2.25. The number of carbonyl (C=O) groups is 1. The maximum Gasteiger partial charge on any atom is 0.316 e. The van der Waals surface area contributed by atoms with Gasteiger partial charge in [0.2, 0.25) is 0 Å². The Morgan fingerprint density at radius 3 is 2.54 bits per heavy atom. The van der Waals surface area contributed by atoms with Gasteiger partial charge in [0.05, 0.1) is 17.2 Å². The molecule has 0 bridgehead atoms. The monoisotopic (exact) mass is 514 g/mol. The molecule has 0 radical (unpaired) electrons. The molecule has 1 amide bonds. The third kappa shape index (κ3) is 7.07. The Balaban J connectivity index is 1.35. The van der Waals surface area contributed by atoms with Gasteiger partial charge in [-0.25, -0.2) is 9.97 Å². The Kier molecular flexibility index (Phi) is 8.79. The summed E-state index contributed by atoms with van der Waals surface area (Å²) in [6, 6.07) is 13.3. The number of amides is 1. The number of hydrogen-bond acceptors (Lipinski definition) is 6. The summed E-state index contributed by atoms with van der Waals surface area (Å²) in [5.74, 6) is 0.868. The molecule has 7 nitrogen and oxygen atoms in total. The normalized spacial score (nSPS) is 16.4. The fourth-order valence-corrected chi connectivity index (χ4v) is 4.50.